The Morgan fingerprint density at radius 2 is 1.63 bits per heavy atom. The van der Waals surface area contributed by atoms with Crippen LogP contribution in [0.5, 0.6) is 5.75 Å². The lowest BCUT2D eigenvalue weighted by molar-refractivity contribution is 0.0697. The summed E-state index contributed by atoms with van der Waals surface area (Å²) < 4.78 is 46.1. The van der Waals surface area contributed by atoms with E-state index in [1.807, 2.05) is 0 Å². The summed E-state index contributed by atoms with van der Waals surface area (Å²) in [7, 11) is -3.84. The van der Waals surface area contributed by atoms with E-state index in [2.05, 4.69) is 0 Å². The van der Waals surface area contributed by atoms with Crippen molar-refractivity contribution in [1.82, 2.24) is 9.21 Å². The predicted molar refractivity (Wildman–Crippen MR) is 127 cm³/mol. The highest BCUT2D eigenvalue weighted by Crippen LogP contribution is 2.21. The van der Waals surface area contributed by atoms with Crippen LogP contribution in [0.2, 0.25) is 0 Å². The van der Waals surface area contributed by atoms with Gasteiger partial charge in [-0.3, -0.25) is 9.59 Å². The Balaban J connectivity index is 1.39. The molecule has 35 heavy (non-hydrogen) atoms. The van der Waals surface area contributed by atoms with Gasteiger partial charge in [-0.25, -0.2) is 12.8 Å². The van der Waals surface area contributed by atoms with Gasteiger partial charge in [0, 0.05) is 31.7 Å². The van der Waals surface area contributed by atoms with Crippen LogP contribution in [-0.2, 0) is 16.6 Å². The van der Waals surface area contributed by atoms with Crippen molar-refractivity contribution in [1.29, 1.82) is 0 Å². The number of hydrogen-bond acceptors (Lipinski definition) is 5. The molecule has 182 valence electrons. The highest BCUT2D eigenvalue weighted by atomic mass is 32.2. The molecule has 1 aliphatic heterocycles. The predicted octanol–water partition coefficient (Wildman–Crippen LogP) is 2.65. The first kappa shape index (κ1) is 24.4. The second kappa shape index (κ2) is 10.2. The molecule has 1 fully saturated rings. The molecule has 0 spiro atoms. The summed E-state index contributed by atoms with van der Waals surface area (Å²) in [5.41, 5.74) is 6.81. The normalized spacial score (nSPS) is 14.5. The van der Waals surface area contributed by atoms with Crippen LogP contribution in [0.25, 0.3) is 0 Å². The Bertz CT molecular complexity index is 1350. The summed E-state index contributed by atoms with van der Waals surface area (Å²) in [6.07, 6.45) is 0. The first-order valence-electron chi connectivity index (χ1n) is 10.9. The Labute approximate surface area is 202 Å². The maximum Gasteiger partial charge on any atom is 0.253 e. The molecule has 3 aromatic carbocycles. The van der Waals surface area contributed by atoms with Gasteiger partial charge in [0.05, 0.1) is 10.5 Å². The van der Waals surface area contributed by atoms with Crippen molar-refractivity contribution in [3.63, 3.8) is 0 Å². The monoisotopic (exact) mass is 497 g/mol. The standard InChI is InChI=1S/C25H24FN3O5S/c26-20-7-4-8-21(16-20)35(32,33)29-13-11-28(12-14-29)25(31)19-6-3-5-18(15-19)17-34-23-10-2-1-9-22(23)24(27)30/h1-10,15-16H,11-14,17H2,(H2,27,30). The number of para-hydroxylation sites is 1. The zero-order valence-corrected chi connectivity index (χ0v) is 19.6. The van der Waals surface area contributed by atoms with Gasteiger partial charge in [0.1, 0.15) is 18.2 Å². The minimum absolute atomic E-state index is 0.108. The third kappa shape index (κ3) is 5.50. The molecule has 0 atom stereocenters. The minimum atomic E-state index is -3.84. The molecule has 0 bridgehead atoms. The summed E-state index contributed by atoms with van der Waals surface area (Å²) >= 11 is 0. The van der Waals surface area contributed by atoms with Crippen LogP contribution >= 0.6 is 0 Å². The molecule has 4 rings (SSSR count). The van der Waals surface area contributed by atoms with Crippen LogP contribution in [0.3, 0.4) is 0 Å². The van der Waals surface area contributed by atoms with E-state index in [4.69, 9.17) is 10.5 Å². The molecule has 0 radical (unpaired) electrons. The van der Waals surface area contributed by atoms with E-state index in [1.54, 1.807) is 53.4 Å². The Kier molecular flexibility index (Phi) is 7.13. The van der Waals surface area contributed by atoms with E-state index in [1.165, 1.54) is 22.5 Å². The van der Waals surface area contributed by atoms with Crippen LogP contribution < -0.4 is 10.5 Å². The first-order valence-corrected chi connectivity index (χ1v) is 12.4. The smallest absolute Gasteiger partial charge is 0.253 e. The summed E-state index contributed by atoms with van der Waals surface area (Å²) in [6.45, 7) is 0.764. The highest BCUT2D eigenvalue weighted by molar-refractivity contribution is 7.89. The lowest BCUT2D eigenvalue weighted by Gasteiger charge is -2.34. The van der Waals surface area contributed by atoms with E-state index in [0.29, 0.717) is 11.3 Å². The number of halogens is 1. The SMILES string of the molecule is NC(=O)c1ccccc1OCc1cccc(C(=O)N2CCN(S(=O)(=O)c3cccc(F)c3)CC2)c1. The topological polar surface area (TPSA) is 110 Å². The van der Waals surface area contributed by atoms with E-state index in [-0.39, 0.29) is 49.2 Å². The Morgan fingerprint density at radius 1 is 0.914 bits per heavy atom. The third-order valence-electron chi connectivity index (χ3n) is 5.68. The van der Waals surface area contributed by atoms with Gasteiger partial charge in [0.15, 0.2) is 0 Å². The summed E-state index contributed by atoms with van der Waals surface area (Å²) in [5, 5.41) is 0. The second-order valence-electron chi connectivity index (χ2n) is 8.00. The molecule has 1 aliphatic rings. The summed E-state index contributed by atoms with van der Waals surface area (Å²) in [6, 6.07) is 18.4. The van der Waals surface area contributed by atoms with Gasteiger partial charge in [-0.05, 0) is 48.0 Å². The fourth-order valence-corrected chi connectivity index (χ4v) is 5.30. The maximum absolute atomic E-state index is 13.5. The van der Waals surface area contributed by atoms with Crippen molar-refractivity contribution in [3.8, 4) is 5.75 Å². The van der Waals surface area contributed by atoms with E-state index in [9.17, 15) is 22.4 Å². The molecule has 1 heterocycles. The van der Waals surface area contributed by atoms with Gasteiger partial charge in [-0.2, -0.15) is 4.31 Å². The minimum Gasteiger partial charge on any atom is -0.488 e. The van der Waals surface area contributed by atoms with Crippen LogP contribution in [0.15, 0.2) is 77.7 Å². The van der Waals surface area contributed by atoms with Crippen LogP contribution in [0.4, 0.5) is 4.39 Å². The molecule has 2 N–H and O–H groups in total. The number of sulfonamides is 1. The zero-order valence-electron chi connectivity index (χ0n) is 18.8. The van der Waals surface area contributed by atoms with Crippen molar-refractivity contribution in [3.05, 3.63) is 95.3 Å². The summed E-state index contributed by atoms with van der Waals surface area (Å²) in [4.78, 5) is 26.1. The number of carbonyl (C=O) groups is 2. The second-order valence-corrected chi connectivity index (χ2v) is 9.94. The molecule has 0 unspecified atom stereocenters. The zero-order chi connectivity index (χ0) is 25.0. The lowest BCUT2D eigenvalue weighted by atomic mass is 10.1. The van der Waals surface area contributed by atoms with E-state index in [0.717, 1.165) is 11.6 Å². The quantitative estimate of drug-likeness (QED) is 0.540. The Morgan fingerprint density at radius 3 is 2.34 bits per heavy atom. The highest BCUT2D eigenvalue weighted by Gasteiger charge is 2.30. The van der Waals surface area contributed by atoms with Gasteiger partial charge < -0.3 is 15.4 Å². The number of benzene rings is 3. The van der Waals surface area contributed by atoms with Gasteiger partial charge >= 0.3 is 0 Å². The maximum atomic E-state index is 13.5. The molecular formula is C25H24FN3O5S. The van der Waals surface area contributed by atoms with E-state index >= 15 is 0 Å². The molecule has 0 aromatic heterocycles. The molecule has 0 aliphatic carbocycles. The van der Waals surface area contributed by atoms with Crippen molar-refractivity contribution in [2.24, 2.45) is 5.73 Å². The largest absolute Gasteiger partial charge is 0.488 e. The van der Waals surface area contributed by atoms with Crippen LogP contribution in [0, 0.1) is 5.82 Å². The molecule has 1 saturated heterocycles. The summed E-state index contributed by atoms with van der Waals surface area (Å²) in [5.74, 6) is -1.09. The Hall–Kier alpha value is -3.76. The molecule has 2 amide bonds. The average molecular weight is 498 g/mol. The van der Waals surface area contributed by atoms with Gasteiger partial charge in [-0.15, -0.1) is 0 Å². The molecule has 0 saturated carbocycles. The third-order valence-corrected chi connectivity index (χ3v) is 7.58. The van der Waals surface area contributed by atoms with Crippen LogP contribution in [0.1, 0.15) is 26.3 Å². The number of carbonyl (C=O) groups excluding carboxylic acids is 2. The number of rotatable bonds is 7. The lowest BCUT2D eigenvalue weighted by Crippen LogP contribution is -2.50. The number of primary amides is 1. The van der Waals surface area contributed by atoms with Crippen molar-refractivity contribution >= 4 is 21.8 Å². The van der Waals surface area contributed by atoms with Crippen molar-refractivity contribution in [2.45, 2.75) is 11.5 Å². The average Bonchev–Trinajstić information content (AvgIpc) is 2.87. The van der Waals surface area contributed by atoms with Gasteiger partial charge in [0.2, 0.25) is 10.0 Å². The van der Waals surface area contributed by atoms with Crippen molar-refractivity contribution < 1.29 is 27.1 Å². The molecular weight excluding hydrogens is 473 g/mol. The molecule has 10 heteroatoms. The fraction of sp³-hybridized carbons (Fsp3) is 0.200. The van der Waals surface area contributed by atoms with Gasteiger partial charge in [0.25, 0.3) is 11.8 Å². The van der Waals surface area contributed by atoms with Gasteiger partial charge in [-0.1, -0.05) is 30.3 Å². The van der Waals surface area contributed by atoms with E-state index < -0.39 is 21.7 Å². The number of ether oxygens (including phenoxy) is 1. The first-order chi connectivity index (χ1) is 16.8. The molecule has 8 nitrogen and oxygen atoms in total. The number of amides is 2. The van der Waals surface area contributed by atoms with Crippen LogP contribution in [-0.4, -0.2) is 55.6 Å². The fourth-order valence-electron chi connectivity index (χ4n) is 3.84. The van der Waals surface area contributed by atoms with Crippen molar-refractivity contribution in [2.75, 3.05) is 26.2 Å². The molecule has 3 aromatic rings. The number of piperazine rings is 1. The number of nitrogens with two attached hydrogens (primary N) is 1. The number of hydrogen-bond donors (Lipinski definition) is 1. The number of nitrogens with zero attached hydrogens (tertiary/aromatic N) is 2.